The summed E-state index contributed by atoms with van der Waals surface area (Å²) in [5, 5.41) is 8.76. The second-order valence-electron chi connectivity index (χ2n) is 3.51. The van der Waals surface area contributed by atoms with Crippen LogP contribution in [0.25, 0.3) is 0 Å². The molecule has 0 unspecified atom stereocenters. The van der Waals surface area contributed by atoms with E-state index in [2.05, 4.69) is 9.47 Å². The van der Waals surface area contributed by atoms with Crippen molar-refractivity contribution < 1.29 is 40.6 Å². The lowest BCUT2D eigenvalue weighted by atomic mass is 10.00. The van der Waals surface area contributed by atoms with Gasteiger partial charge in [-0.05, 0) is 12.1 Å². The van der Waals surface area contributed by atoms with E-state index in [-0.39, 0.29) is 6.07 Å². The van der Waals surface area contributed by atoms with Gasteiger partial charge in [0.05, 0.1) is 18.2 Å². The highest BCUT2D eigenvalue weighted by molar-refractivity contribution is 5.95. The molecule has 0 aliphatic heterocycles. The lowest BCUT2D eigenvalue weighted by Gasteiger charge is -2.16. The summed E-state index contributed by atoms with van der Waals surface area (Å²) < 4.78 is 82.2. The number of esters is 1. The minimum atomic E-state index is -5.24. The van der Waals surface area contributed by atoms with Crippen molar-refractivity contribution in [2.24, 2.45) is 0 Å². The van der Waals surface area contributed by atoms with E-state index in [1.54, 1.807) is 0 Å². The average molecular weight is 313 g/mol. The van der Waals surface area contributed by atoms with Gasteiger partial charge >= 0.3 is 18.5 Å². The zero-order chi connectivity index (χ0) is 16.4. The van der Waals surface area contributed by atoms with E-state index in [1.165, 1.54) is 0 Å². The van der Waals surface area contributed by atoms with Crippen LogP contribution in [0.2, 0.25) is 0 Å². The third kappa shape index (κ3) is 3.77. The first-order valence-corrected chi connectivity index (χ1v) is 4.99. The molecule has 0 aliphatic carbocycles. The first kappa shape index (κ1) is 16.6. The molecule has 0 fully saturated rings. The summed E-state index contributed by atoms with van der Waals surface area (Å²) in [5.74, 6) is -2.83. The van der Waals surface area contributed by atoms with Gasteiger partial charge in [0.2, 0.25) is 0 Å². The molecule has 0 spiro atoms. The van der Waals surface area contributed by atoms with Crippen LogP contribution in [0, 0.1) is 11.3 Å². The monoisotopic (exact) mass is 313 g/mol. The maximum Gasteiger partial charge on any atom is 0.573 e. The van der Waals surface area contributed by atoms with Gasteiger partial charge in [0, 0.05) is 0 Å². The fraction of sp³-hybridized carbons (Fsp3) is 0.273. The summed E-state index contributed by atoms with van der Waals surface area (Å²) in [6.45, 7) is 0. The first-order chi connectivity index (χ1) is 9.51. The van der Waals surface area contributed by atoms with Gasteiger partial charge in [-0.2, -0.15) is 18.4 Å². The van der Waals surface area contributed by atoms with Gasteiger partial charge < -0.3 is 9.47 Å². The molecule has 114 valence electrons. The quantitative estimate of drug-likeness (QED) is 0.621. The molecule has 0 amide bonds. The largest absolute Gasteiger partial charge is 0.573 e. The topological polar surface area (TPSA) is 59.3 Å². The number of ether oxygens (including phenoxy) is 2. The molecular formula is C11H5F6NO3. The summed E-state index contributed by atoms with van der Waals surface area (Å²) in [6, 6.07) is 1.60. The number of nitrogens with zero attached hydrogens (tertiary/aromatic N) is 1. The minimum absolute atomic E-state index is 0.203. The van der Waals surface area contributed by atoms with Crippen molar-refractivity contribution in [1.29, 1.82) is 5.26 Å². The SMILES string of the molecule is COC(=O)c1c(C(F)(F)F)ccc(OC(F)(F)F)c1C#N. The number of alkyl halides is 6. The minimum Gasteiger partial charge on any atom is -0.465 e. The van der Waals surface area contributed by atoms with Gasteiger partial charge in [0.1, 0.15) is 17.4 Å². The van der Waals surface area contributed by atoms with Crippen molar-refractivity contribution in [3.05, 3.63) is 28.8 Å². The number of hydrogen-bond acceptors (Lipinski definition) is 4. The smallest absolute Gasteiger partial charge is 0.465 e. The molecule has 0 atom stereocenters. The number of methoxy groups -OCH3 is 1. The van der Waals surface area contributed by atoms with Crippen molar-refractivity contribution in [3.63, 3.8) is 0 Å². The van der Waals surface area contributed by atoms with Crippen LogP contribution in [0.1, 0.15) is 21.5 Å². The van der Waals surface area contributed by atoms with Crippen molar-refractivity contribution >= 4 is 5.97 Å². The van der Waals surface area contributed by atoms with Crippen molar-refractivity contribution in [3.8, 4) is 11.8 Å². The van der Waals surface area contributed by atoms with E-state index in [0.717, 1.165) is 13.2 Å². The van der Waals surface area contributed by atoms with Crippen LogP contribution in [0.4, 0.5) is 26.3 Å². The fourth-order valence-electron chi connectivity index (χ4n) is 1.45. The number of hydrogen-bond donors (Lipinski definition) is 0. The number of rotatable bonds is 2. The molecule has 4 nitrogen and oxygen atoms in total. The van der Waals surface area contributed by atoms with E-state index >= 15 is 0 Å². The van der Waals surface area contributed by atoms with E-state index in [1.807, 2.05) is 0 Å². The second-order valence-corrected chi connectivity index (χ2v) is 3.51. The van der Waals surface area contributed by atoms with Gasteiger partial charge in [-0.3, -0.25) is 0 Å². The van der Waals surface area contributed by atoms with Crippen LogP contribution in [0.15, 0.2) is 12.1 Å². The lowest BCUT2D eigenvalue weighted by molar-refractivity contribution is -0.274. The number of benzene rings is 1. The number of halogens is 6. The fourth-order valence-corrected chi connectivity index (χ4v) is 1.45. The third-order valence-corrected chi connectivity index (χ3v) is 2.20. The Bertz CT molecular complexity index is 600. The molecule has 0 saturated carbocycles. The van der Waals surface area contributed by atoms with Crippen LogP contribution in [-0.2, 0) is 10.9 Å². The maximum atomic E-state index is 12.8. The van der Waals surface area contributed by atoms with Gasteiger partial charge in [0.15, 0.2) is 0 Å². The molecule has 1 aromatic carbocycles. The van der Waals surface area contributed by atoms with E-state index in [0.29, 0.717) is 6.07 Å². The standard InChI is InChI=1S/C11H5F6NO3/c1-20-9(19)8-5(4-18)7(21-11(15,16)17)3-2-6(8)10(12,13)14/h2-3H,1H3. The molecule has 0 N–H and O–H groups in total. The van der Waals surface area contributed by atoms with Crippen molar-refractivity contribution in [2.45, 2.75) is 12.5 Å². The number of carbonyl (C=O) groups is 1. The third-order valence-electron chi connectivity index (χ3n) is 2.20. The molecule has 0 aromatic heterocycles. The molecule has 0 aliphatic rings. The molecule has 0 bridgehead atoms. The predicted octanol–water partition coefficient (Wildman–Crippen LogP) is 3.26. The highest BCUT2D eigenvalue weighted by Crippen LogP contribution is 2.38. The van der Waals surface area contributed by atoms with Gasteiger partial charge in [0.25, 0.3) is 0 Å². The molecule has 0 heterocycles. The molecule has 0 saturated heterocycles. The van der Waals surface area contributed by atoms with Gasteiger partial charge in [-0.15, -0.1) is 13.2 Å². The van der Waals surface area contributed by atoms with Crippen molar-refractivity contribution in [1.82, 2.24) is 0 Å². The molecule has 10 heteroatoms. The Hall–Kier alpha value is -2.44. The zero-order valence-electron chi connectivity index (χ0n) is 10.1. The Morgan fingerprint density at radius 1 is 1.19 bits per heavy atom. The highest BCUT2D eigenvalue weighted by Gasteiger charge is 2.40. The Morgan fingerprint density at radius 2 is 1.76 bits per heavy atom. The Labute approximate surface area is 113 Å². The summed E-state index contributed by atoms with van der Waals surface area (Å²) in [4.78, 5) is 11.4. The lowest BCUT2D eigenvalue weighted by Crippen LogP contribution is -2.21. The summed E-state index contributed by atoms with van der Waals surface area (Å²) >= 11 is 0. The average Bonchev–Trinajstić information content (AvgIpc) is 2.33. The van der Waals surface area contributed by atoms with E-state index in [4.69, 9.17) is 5.26 Å². The van der Waals surface area contributed by atoms with E-state index < -0.39 is 40.9 Å². The molecular weight excluding hydrogens is 308 g/mol. The molecule has 1 rings (SSSR count). The normalized spacial score (nSPS) is 11.7. The Morgan fingerprint density at radius 3 is 2.14 bits per heavy atom. The second kappa shape index (κ2) is 5.51. The Kier molecular flexibility index (Phi) is 4.36. The number of nitriles is 1. The maximum absolute atomic E-state index is 12.8. The zero-order valence-corrected chi connectivity index (χ0v) is 10.1. The van der Waals surface area contributed by atoms with Crippen LogP contribution in [0.5, 0.6) is 5.75 Å². The van der Waals surface area contributed by atoms with Gasteiger partial charge in [-0.25, -0.2) is 4.79 Å². The summed E-state index contributed by atoms with van der Waals surface area (Å²) in [6.07, 6.45) is -10.3. The molecule has 0 radical (unpaired) electrons. The van der Waals surface area contributed by atoms with Crippen LogP contribution < -0.4 is 4.74 Å². The van der Waals surface area contributed by atoms with Crippen LogP contribution in [-0.4, -0.2) is 19.4 Å². The van der Waals surface area contributed by atoms with Gasteiger partial charge in [-0.1, -0.05) is 0 Å². The van der Waals surface area contributed by atoms with Crippen molar-refractivity contribution in [2.75, 3.05) is 7.11 Å². The van der Waals surface area contributed by atoms with Crippen LogP contribution >= 0.6 is 0 Å². The van der Waals surface area contributed by atoms with Crippen LogP contribution in [0.3, 0.4) is 0 Å². The Balaban J connectivity index is 3.63. The number of carbonyl (C=O) groups excluding carboxylic acids is 1. The predicted molar refractivity (Wildman–Crippen MR) is 54.2 cm³/mol. The first-order valence-electron chi connectivity index (χ1n) is 4.99. The summed E-state index contributed by atoms with van der Waals surface area (Å²) in [7, 11) is 0.723. The van der Waals surface area contributed by atoms with E-state index in [9.17, 15) is 31.1 Å². The molecule has 1 aromatic rings. The highest BCUT2D eigenvalue weighted by atomic mass is 19.4. The summed E-state index contributed by atoms with van der Waals surface area (Å²) in [5.41, 5.74) is -4.15. The molecule has 21 heavy (non-hydrogen) atoms.